The van der Waals surface area contributed by atoms with Gasteiger partial charge in [0.25, 0.3) is 5.91 Å². The molecule has 1 atom stereocenters. The lowest BCUT2D eigenvalue weighted by atomic mass is 9.65. The number of amides is 2. The fourth-order valence-electron chi connectivity index (χ4n) is 5.64. The maximum atomic E-state index is 14.0. The van der Waals surface area contributed by atoms with E-state index < -0.39 is 5.54 Å². The van der Waals surface area contributed by atoms with Crippen LogP contribution in [-0.2, 0) is 9.53 Å². The number of anilines is 1. The van der Waals surface area contributed by atoms with Crippen molar-refractivity contribution < 1.29 is 14.3 Å². The number of benzene rings is 2. The van der Waals surface area contributed by atoms with Crippen LogP contribution >= 0.6 is 0 Å². The second-order valence-electron chi connectivity index (χ2n) is 8.60. The SMILES string of the molecule is O=C([C@H]1c2ccccc2C(=O)N(c2ccccc2)C12CCCCC2)N1CCOCC1. The standard InChI is InChI=1S/C25H28N2O3/c28-23-21-12-6-5-11-20(21)22(24(29)26-15-17-30-18-16-26)25(13-7-2-8-14-25)27(23)19-9-3-1-4-10-19/h1,3-6,9-12,22H,2,7-8,13-18H2/t22-/m1/s1. The molecule has 2 fully saturated rings. The van der Waals surface area contributed by atoms with Crippen LogP contribution < -0.4 is 4.90 Å². The van der Waals surface area contributed by atoms with Gasteiger partial charge in [-0.1, -0.05) is 55.7 Å². The lowest BCUT2D eigenvalue weighted by molar-refractivity contribution is -0.139. The normalized spacial score (nSPS) is 23.3. The Morgan fingerprint density at radius 2 is 1.57 bits per heavy atom. The molecule has 2 aliphatic heterocycles. The van der Waals surface area contributed by atoms with Crippen LogP contribution in [0.2, 0.25) is 0 Å². The van der Waals surface area contributed by atoms with E-state index in [4.69, 9.17) is 4.74 Å². The predicted octanol–water partition coefficient (Wildman–Crippen LogP) is 3.99. The van der Waals surface area contributed by atoms with Gasteiger partial charge in [0.1, 0.15) is 0 Å². The molecule has 156 valence electrons. The molecule has 5 heteroatoms. The zero-order chi connectivity index (χ0) is 20.6. The average Bonchev–Trinajstić information content (AvgIpc) is 2.81. The van der Waals surface area contributed by atoms with Crippen LogP contribution in [0.4, 0.5) is 5.69 Å². The van der Waals surface area contributed by atoms with E-state index in [-0.39, 0.29) is 17.7 Å². The molecule has 0 unspecified atom stereocenters. The minimum atomic E-state index is -0.513. The molecule has 0 bridgehead atoms. The maximum Gasteiger partial charge on any atom is 0.259 e. The Morgan fingerprint density at radius 3 is 2.30 bits per heavy atom. The third-order valence-corrected chi connectivity index (χ3v) is 6.99. The highest BCUT2D eigenvalue weighted by atomic mass is 16.5. The van der Waals surface area contributed by atoms with Crippen molar-refractivity contribution in [2.75, 3.05) is 31.2 Å². The van der Waals surface area contributed by atoms with Crippen LogP contribution in [0, 0.1) is 0 Å². The summed E-state index contributed by atoms with van der Waals surface area (Å²) in [5.41, 5.74) is 1.93. The number of nitrogens with zero attached hydrogens (tertiary/aromatic N) is 2. The van der Waals surface area contributed by atoms with E-state index in [1.807, 2.05) is 64.4 Å². The number of ether oxygens (including phenoxy) is 1. The van der Waals surface area contributed by atoms with E-state index in [1.165, 1.54) is 0 Å². The third kappa shape index (κ3) is 3.03. The molecule has 1 spiro atoms. The van der Waals surface area contributed by atoms with Crippen LogP contribution in [0.5, 0.6) is 0 Å². The summed E-state index contributed by atoms with van der Waals surface area (Å²) in [6, 6.07) is 17.6. The Hall–Kier alpha value is -2.66. The maximum absolute atomic E-state index is 14.0. The zero-order valence-corrected chi connectivity index (χ0v) is 17.3. The molecule has 2 aromatic carbocycles. The quantitative estimate of drug-likeness (QED) is 0.760. The Bertz CT molecular complexity index is 930. The number of rotatable bonds is 2. The van der Waals surface area contributed by atoms with E-state index in [0.717, 1.165) is 43.4 Å². The van der Waals surface area contributed by atoms with Gasteiger partial charge in [0, 0.05) is 24.3 Å². The summed E-state index contributed by atoms with van der Waals surface area (Å²) in [7, 11) is 0. The fraction of sp³-hybridized carbons (Fsp3) is 0.440. The van der Waals surface area contributed by atoms with E-state index in [2.05, 4.69) is 0 Å². The van der Waals surface area contributed by atoms with Crippen LogP contribution in [0.15, 0.2) is 54.6 Å². The highest BCUT2D eigenvalue weighted by molar-refractivity contribution is 6.12. The molecule has 1 saturated carbocycles. The average molecular weight is 405 g/mol. The van der Waals surface area contributed by atoms with E-state index in [9.17, 15) is 9.59 Å². The molecule has 3 aliphatic rings. The summed E-state index contributed by atoms with van der Waals surface area (Å²) in [6.45, 7) is 2.39. The Balaban J connectivity index is 1.70. The van der Waals surface area contributed by atoms with Crippen LogP contribution in [0.1, 0.15) is 53.9 Å². The van der Waals surface area contributed by atoms with Crippen molar-refractivity contribution in [2.24, 2.45) is 0 Å². The summed E-state index contributed by atoms with van der Waals surface area (Å²) in [4.78, 5) is 31.7. The molecule has 0 aromatic heterocycles. The first-order valence-corrected chi connectivity index (χ1v) is 11.1. The second kappa shape index (κ2) is 7.88. The first-order chi connectivity index (χ1) is 14.7. The minimum Gasteiger partial charge on any atom is -0.378 e. The van der Waals surface area contributed by atoms with E-state index >= 15 is 0 Å². The first-order valence-electron chi connectivity index (χ1n) is 11.1. The molecule has 1 saturated heterocycles. The summed E-state index contributed by atoms with van der Waals surface area (Å²) >= 11 is 0. The lowest BCUT2D eigenvalue weighted by Crippen LogP contribution is -2.63. The summed E-state index contributed by atoms with van der Waals surface area (Å²) in [5.74, 6) is -0.184. The summed E-state index contributed by atoms with van der Waals surface area (Å²) < 4.78 is 5.49. The van der Waals surface area contributed by atoms with Gasteiger partial charge in [0.05, 0.1) is 24.7 Å². The molecular formula is C25H28N2O3. The van der Waals surface area contributed by atoms with Gasteiger partial charge in [-0.05, 0) is 36.6 Å². The van der Waals surface area contributed by atoms with Crippen molar-refractivity contribution in [3.05, 3.63) is 65.7 Å². The van der Waals surface area contributed by atoms with Gasteiger partial charge in [0.2, 0.25) is 5.91 Å². The van der Waals surface area contributed by atoms with E-state index in [1.54, 1.807) is 0 Å². The van der Waals surface area contributed by atoms with Crippen LogP contribution in [0.25, 0.3) is 0 Å². The smallest absolute Gasteiger partial charge is 0.259 e. The monoisotopic (exact) mass is 404 g/mol. The number of carbonyl (C=O) groups excluding carboxylic acids is 2. The lowest BCUT2D eigenvalue weighted by Gasteiger charge is -2.54. The highest BCUT2D eigenvalue weighted by Crippen LogP contribution is 2.51. The van der Waals surface area contributed by atoms with Crippen molar-refractivity contribution >= 4 is 17.5 Å². The van der Waals surface area contributed by atoms with Crippen LogP contribution in [-0.4, -0.2) is 48.6 Å². The van der Waals surface area contributed by atoms with Gasteiger partial charge < -0.3 is 14.5 Å². The molecule has 30 heavy (non-hydrogen) atoms. The van der Waals surface area contributed by atoms with Gasteiger partial charge in [-0.15, -0.1) is 0 Å². The number of carbonyl (C=O) groups is 2. The predicted molar refractivity (Wildman–Crippen MR) is 116 cm³/mol. The number of hydrogen-bond acceptors (Lipinski definition) is 3. The zero-order valence-electron chi connectivity index (χ0n) is 17.3. The van der Waals surface area contributed by atoms with E-state index in [0.29, 0.717) is 31.9 Å². The molecule has 0 N–H and O–H groups in total. The number of morpholine rings is 1. The first kappa shape index (κ1) is 19.3. The van der Waals surface area contributed by atoms with Gasteiger partial charge in [-0.2, -0.15) is 0 Å². The van der Waals surface area contributed by atoms with Crippen molar-refractivity contribution in [3.8, 4) is 0 Å². The molecule has 2 heterocycles. The number of fused-ring (bicyclic) bond motifs is 1. The van der Waals surface area contributed by atoms with Crippen molar-refractivity contribution in [2.45, 2.75) is 43.6 Å². The Morgan fingerprint density at radius 1 is 0.900 bits per heavy atom. The van der Waals surface area contributed by atoms with Crippen molar-refractivity contribution in [3.63, 3.8) is 0 Å². The topological polar surface area (TPSA) is 49.9 Å². The molecule has 2 amide bonds. The van der Waals surface area contributed by atoms with Gasteiger partial charge in [-0.3, -0.25) is 9.59 Å². The van der Waals surface area contributed by atoms with Crippen molar-refractivity contribution in [1.29, 1.82) is 0 Å². The molecule has 5 nitrogen and oxygen atoms in total. The molecule has 2 aromatic rings. The molecular weight excluding hydrogens is 376 g/mol. The minimum absolute atomic E-state index is 0.0183. The third-order valence-electron chi connectivity index (χ3n) is 6.99. The van der Waals surface area contributed by atoms with Gasteiger partial charge >= 0.3 is 0 Å². The largest absolute Gasteiger partial charge is 0.378 e. The van der Waals surface area contributed by atoms with Gasteiger partial charge in [-0.25, -0.2) is 0 Å². The van der Waals surface area contributed by atoms with Gasteiger partial charge in [0.15, 0.2) is 0 Å². The van der Waals surface area contributed by atoms with Crippen LogP contribution in [0.3, 0.4) is 0 Å². The Kier molecular flexibility index (Phi) is 5.07. The van der Waals surface area contributed by atoms with Crippen molar-refractivity contribution in [1.82, 2.24) is 4.90 Å². The number of hydrogen-bond donors (Lipinski definition) is 0. The number of para-hydroxylation sites is 1. The molecule has 0 radical (unpaired) electrons. The molecule has 1 aliphatic carbocycles. The molecule has 5 rings (SSSR count). The summed E-state index contributed by atoms with van der Waals surface area (Å²) in [6.07, 6.45) is 4.92. The highest BCUT2D eigenvalue weighted by Gasteiger charge is 2.56. The fourth-order valence-corrected chi connectivity index (χ4v) is 5.64. The Labute approximate surface area is 177 Å². The second-order valence-corrected chi connectivity index (χ2v) is 8.60. The summed E-state index contributed by atoms with van der Waals surface area (Å²) in [5, 5.41) is 0.